The lowest BCUT2D eigenvalue weighted by atomic mass is 9.98. The second kappa shape index (κ2) is 6.88. The minimum atomic E-state index is -0.694. The van der Waals surface area contributed by atoms with Crippen molar-refractivity contribution in [2.75, 3.05) is 6.54 Å². The van der Waals surface area contributed by atoms with E-state index in [1.807, 2.05) is 11.6 Å². The number of aliphatic carboxylic acids is 1. The Bertz CT molecular complexity index is 456. The monoisotopic (exact) mass is 279 g/mol. The molecular formula is C15H25N3O2. The topological polar surface area (TPSA) is 58.4 Å². The molecule has 1 aliphatic heterocycles. The summed E-state index contributed by atoms with van der Waals surface area (Å²) in [6.45, 7) is 6.95. The van der Waals surface area contributed by atoms with Crippen molar-refractivity contribution in [3.05, 3.63) is 17.5 Å². The van der Waals surface area contributed by atoms with Crippen molar-refractivity contribution in [2.24, 2.45) is 0 Å². The van der Waals surface area contributed by atoms with Gasteiger partial charge in [-0.2, -0.15) is 5.10 Å². The van der Waals surface area contributed by atoms with E-state index in [1.165, 1.54) is 5.56 Å². The van der Waals surface area contributed by atoms with Gasteiger partial charge in [-0.15, -0.1) is 0 Å². The standard InChI is InChI=1S/C15H25N3O2/c1-3-7-18-11-13(12(2)16-18)10-17-8-5-4-6-14(17)9-15(19)20/h11,14H,3-10H2,1-2H3,(H,19,20)/t14-/m0/s1. The summed E-state index contributed by atoms with van der Waals surface area (Å²) in [6, 6.07) is 0.176. The molecule has 1 aromatic heterocycles. The average Bonchev–Trinajstić information content (AvgIpc) is 2.72. The molecule has 112 valence electrons. The van der Waals surface area contributed by atoms with Crippen LogP contribution in [0.2, 0.25) is 0 Å². The highest BCUT2D eigenvalue weighted by atomic mass is 16.4. The minimum Gasteiger partial charge on any atom is -0.481 e. The van der Waals surface area contributed by atoms with Crippen LogP contribution in [0, 0.1) is 6.92 Å². The number of rotatable bonds is 6. The van der Waals surface area contributed by atoms with Crippen LogP contribution in [0.4, 0.5) is 0 Å². The number of carboxylic acids is 1. The van der Waals surface area contributed by atoms with Crippen molar-refractivity contribution in [3.8, 4) is 0 Å². The van der Waals surface area contributed by atoms with Gasteiger partial charge in [0.1, 0.15) is 0 Å². The van der Waals surface area contributed by atoms with Crippen LogP contribution in [-0.4, -0.2) is 38.3 Å². The third-order valence-electron chi connectivity index (χ3n) is 4.03. The zero-order valence-corrected chi connectivity index (χ0v) is 12.5. The van der Waals surface area contributed by atoms with Gasteiger partial charge in [-0.3, -0.25) is 14.4 Å². The number of carbonyl (C=O) groups is 1. The summed E-state index contributed by atoms with van der Waals surface area (Å²) < 4.78 is 2.00. The first-order valence-corrected chi connectivity index (χ1v) is 7.59. The van der Waals surface area contributed by atoms with Crippen molar-refractivity contribution in [1.82, 2.24) is 14.7 Å². The molecule has 2 heterocycles. The van der Waals surface area contributed by atoms with Gasteiger partial charge >= 0.3 is 5.97 Å². The van der Waals surface area contributed by atoms with Crippen LogP contribution in [0.15, 0.2) is 6.20 Å². The van der Waals surface area contributed by atoms with E-state index in [0.717, 1.165) is 51.0 Å². The SMILES string of the molecule is CCCn1cc(CN2CCCC[C@H]2CC(=O)O)c(C)n1. The zero-order valence-electron chi connectivity index (χ0n) is 12.5. The van der Waals surface area contributed by atoms with Crippen molar-refractivity contribution >= 4 is 5.97 Å². The van der Waals surface area contributed by atoms with Gasteiger partial charge in [-0.25, -0.2) is 0 Å². The molecule has 1 N–H and O–H groups in total. The molecular weight excluding hydrogens is 254 g/mol. The molecule has 1 aliphatic rings. The smallest absolute Gasteiger partial charge is 0.304 e. The largest absolute Gasteiger partial charge is 0.481 e. The van der Waals surface area contributed by atoms with Gasteiger partial charge in [0, 0.05) is 30.9 Å². The van der Waals surface area contributed by atoms with Gasteiger partial charge in [-0.05, 0) is 32.7 Å². The Labute approximate surface area is 120 Å². The summed E-state index contributed by atoms with van der Waals surface area (Å²) in [5.41, 5.74) is 2.30. The van der Waals surface area contributed by atoms with E-state index in [2.05, 4.69) is 23.1 Å². The lowest BCUT2D eigenvalue weighted by Gasteiger charge is -2.34. The zero-order chi connectivity index (χ0) is 14.5. The maximum atomic E-state index is 11.0. The van der Waals surface area contributed by atoms with Crippen molar-refractivity contribution in [1.29, 1.82) is 0 Å². The Hall–Kier alpha value is -1.36. The lowest BCUT2D eigenvalue weighted by Crippen LogP contribution is -2.40. The van der Waals surface area contributed by atoms with E-state index in [9.17, 15) is 4.79 Å². The number of aryl methyl sites for hydroxylation is 2. The average molecular weight is 279 g/mol. The third kappa shape index (κ3) is 3.82. The highest BCUT2D eigenvalue weighted by molar-refractivity contribution is 5.67. The van der Waals surface area contributed by atoms with E-state index < -0.39 is 5.97 Å². The highest BCUT2D eigenvalue weighted by Gasteiger charge is 2.25. The molecule has 0 unspecified atom stereocenters. The first-order valence-electron chi connectivity index (χ1n) is 7.59. The molecule has 2 rings (SSSR count). The van der Waals surface area contributed by atoms with Crippen LogP contribution < -0.4 is 0 Å². The molecule has 0 bridgehead atoms. The second-order valence-corrected chi connectivity index (χ2v) is 5.72. The fourth-order valence-corrected chi connectivity index (χ4v) is 2.98. The van der Waals surface area contributed by atoms with Gasteiger partial charge in [0.2, 0.25) is 0 Å². The fraction of sp³-hybridized carbons (Fsp3) is 0.733. The molecule has 0 amide bonds. The van der Waals surface area contributed by atoms with Gasteiger partial charge < -0.3 is 5.11 Å². The van der Waals surface area contributed by atoms with Crippen LogP contribution in [-0.2, 0) is 17.9 Å². The molecule has 1 atom stereocenters. The number of hydrogen-bond donors (Lipinski definition) is 1. The molecule has 1 aromatic rings. The van der Waals surface area contributed by atoms with Crippen molar-refractivity contribution in [2.45, 2.75) is 65.1 Å². The third-order valence-corrected chi connectivity index (χ3v) is 4.03. The number of piperidine rings is 1. The van der Waals surface area contributed by atoms with Crippen LogP contribution in [0.3, 0.4) is 0 Å². The molecule has 5 nitrogen and oxygen atoms in total. The van der Waals surface area contributed by atoms with Crippen LogP contribution in [0.1, 0.15) is 50.3 Å². The molecule has 20 heavy (non-hydrogen) atoms. The molecule has 0 spiro atoms. The van der Waals surface area contributed by atoms with Gasteiger partial charge in [0.05, 0.1) is 12.1 Å². The Balaban J connectivity index is 2.04. The fourth-order valence-electron chi connectivity index (χ4n) is 2.98. The summed E-state index contributed by atoms with van der Waals surface area (Å²) in [5.74, 6) is -0.694. The molecule has 1 fully saturated rings. The minimum absolute atomic E-state index is 0.176. The number of hydrogen-bond acceptors (Lipinski definition) is 3. The number of nitrogens with zero attached hydrogens (tertiary/aromatic N) is 3. The maximum absolute atomic E-state index is 11.0. The Morgan fingerprint density at radius 1 is 1.50 bits per heavy atom. The summed E-state index contributed by atoms with van der Waals surface area (Å²) in [6.07, 6.45) is 6.74. The summed E-state index contributed by atoms with van der Waals surface area (Å²) in [4.78, 5) is 13.3. The lowest BCUT2D eigenvalue weighted by molar-refractivity contribution is -0.138. The van der Waals surface area contributed by atoms with Crippen molar-refractivity contribution in [3.63, 3.8) is 0 Å². The van der Waals surface area contributed by atoms with E-state index in [1.54, 1.807) is 0 Å². The van der Waals surface area contributed by atoms with Gasteiger partial charge in [-0.1, -0.05) is 13.3 Å². The summed E-state index contributed by atoms with van der Waals surface area (Å²) >= 11 is 0. The second-order valence-electron chi connectivity index (χ2n) is 5.72. The Kier molecular flexibility index (Phi) is 5.17. The summed E-state index contributed by atoms with van der Waals surface area (Å²) in [5, 5.41) is 13.6. The van der Waals surface area contributed by atoms with E-state index in [-0.39, 0.29) is 12.5 Å². The van der Waals surface area contributed by atoms with Crippen molar-refractivity contribution < 1.29 is 9.90 Å². The Morgan fingerprint density at radius 2 is 2.30 bits per heavy atom. The number of likely N-dealkylation sites (tertiary alicyclic amines) is 1. The molecule has 0 aromatic carbocycles. The van der Waals surface area contributed by atoms with Crippen LogP contribution in [0.5, 0.6) is 0 Å². The molecule has 1 saturated heterocycles. The summed E-state index contributed by atoms with van der Waals surface area (Å²) in [7, 11) is 0. The van der Waals surface area contributed by atoms with E-state index in [0.29, 0.717) is 0 Å². The van der Waals surface area contributed by atoms with Gasteiger partial charge in [0.15, 0.2) is 0 Å². The Morgan fingerprint density at radius 3 is 3.00 bits per heavy atom. The predicted octanol–water partition coefficient (Wildman–Crippen LogP) is 2.43. The maximum Gasteiger partial charge on any atom is 0.304 e. The first-order chi connectivity index (χ1) is 9.60. The predicted molar refractivity (Wildman–Crippen MR) is 77.6 cm³/mol. The quantitative estimate of drug-likeness (QED) is 0.869. The molecule has 0 saturated carbocycles. The normalized spacial score (nSPS) is 20.2. The first kappa shape index (κ1) is 15.0. The number of carboxylic acid groups (broad SMARTS) is 1. The van der Waals surface area contributed by atoms with Crippen LogP contribution in [0.25, 0.3) is 0 Å². The molecule has 5 heteroatoms. The molecule has 0 aliphatic carbocycles. The van der Waals surface area contributed by atoms with E-state index >= 15 is 0 Å². The number of aromatic nitrogens is 2. The molecule has 0 radical (unpaired) electrons. The van der Waals surface area contributed by atoms with Gasteiger partial charge in [0.25, 0.3) is 0 Å². The highest BCUT2D eigenvalue weighted by Crippen LogP contribution is 2.22. The van der Waals surface area contributed by atoms with E-state index in [4.69, 9.17) is 5.11 Å². The van der Waals surface area contributed by atoms with Crippen LogP contribution >= 0.6 is 0 Å².